The molecule has 0 unspecified atom stereocenters. The first-order chi connectivity index (χ1) is 8.49. The van der Waals surface area contributed by atoms with Gasteiger partial charge in [0.1, 0.15) is 0 Å². The molecule has 0 spiro atoms. The van der Waals surface area contributed by atoms with E-state index in [-0.39, 0.29) is 11.5 Å². The Bertz CT molecular complexity index is 402. The second-order valence-corrected chi connectivity index (χ2v) is 4.20. The Labute approximate surface area is 105 Å². The van der Waals surface area contributed by atoms with Gasteiger partial charge >= 0.3 is 11.9 Å². The van der Waals surface area contributed by atoms with Crippen molar-refractivity contribution in [3.63, 3.8) is 0 Å². The lowest BCUT2D eigenvalue weighted by atomic mass is 10.1. The molecule has 0 fully saturated rings. The number of aromatic nitrogens is 1. The zero-order valence-corrected chi connectivity index (χ0v) is 11.0. The molecule has 1 rings (SSSR count). The summed E-state index contributed by atoms with van der Waals surface area (Å²) in [5.74, 6) is -0.846. The van der Waals surface area contributed by atoms with Crippen LogP contribution in [-0.2, 0) is 15.9 Å². The quantitative estimate of drug-likeness (QED) is 0.747. The van der Waals surface area contributed by atoms with Crippen molar-refractivity contribution in [1.29, 1.82) is 0 Å². The first kappa shape index (κ1) is 14.2. The number of carbonyl (C=O) groups is 2. The van der Waals surface area contributed by atoms with E-state index in [4.69, 9.17) is 4.42 Å². The predicted octanol–water partition coefficient (Wildman–Crippen LogP) is 1.84. The summed E-state index contributed by atoms with van der Waals surface area (Å²) in [7, 11) is 2.42. The van der Waals surface area contributed by atoms with Gasteiger partial charge in [0, 0.05) is 6.42 Å². The number of carbonyl (C=O) groups excluding carboxylic acids is 2. The topological polar surface area (TPSA) is 78.6 Å². The van der Waals surface area contributed by atoms with Gasteiger partial charge in [-0.3, -0.25) is 0 Å². The fourth-order valence-electron chi connectivity index (χ4n) is 1.35. The van der Waals surface area contributed by atoms with Crippen LogP contribution in [0.3, 0.4) is 0 Å². The Balaban J connectivity index is 2.99. The largest absolute Gasteiger partial charge is 0.464 e. The summed E-state index contributed by atoms with van der Waals surface area (Å²) in [5, 5.41) is 0. The number of esters is 2. The van der Waals surface area contributed by atoms with Crippen molar-refractivity contribution in [3.05, 3.63) is 17.3 Å². The Hall–Kier alpha value is -1.85. The minimum Gasteiger partial charge on any atom is -0.464 e. The van der Waals surface area contributed by atoms with E-state index in [1.54, 1.807) is 0 Å². The number of hydrogen-bond donors (Lipinski definition) is 0. The van der Waals surface area contributed by atoms with Crippen molar-refractivity contribution < 1.29 is 23.5 Å². The smallest absolute Gasteiger partial charge is 0.376 e. The molecule has 1 heterocycles. The summed E-state index contributed by atoms with van der Waals surface area (Å²) in [6, 6.07) is 0. The third-order valence-electron chi connectivity index (χ3n) is 2.36. The highest BCUT2D eigenvalue weighted by Gasteiger charge is 2.26. The van der Waals surface area contributed by atoms with Gasteiger partial charge in [0.25, 0.3) is 0 Å². The number of aryl methyl sites for hydroxylation is 1. The molecule has 0 bridgehead atoms. The number of methoxy groups -OCH3 is 2. The summed E-state index contributed by atoms with van der Waals surface area (Å²) in [6.07, 6.45) is 1.40. The van der Waals surface area contributed by atoms with Crippen LogP contribution in [0.4, 0.5) is 0 Å². The van der Waals surface area contributed by atoms with E-state index in [9.17, 15) is 9.59 Å². The van der Waals surface area contributed by atoms with Crippen LogP contribution >= 0.6 is 0 Å². The van der Waals surface area contributed by atoms with Crippen molar-refractivity contribution >= 4 is 11.9 Å². The lowest BCUT2D eigenvalue weighted by Crippen LogP contribution is -2.10. The average Bonchev–Trinajstić information content (AvgIpc) is 2.78. The van der Waals surface area contributed by atoms with Gasteiger partial charge in [0.15, 0.2) is 5.89 Å². The van der Waals surface area contributed by atoms with Crippen molar-refractivity contribution in [2.45, 2.75) is 26.7 Å². The Morgan fingerprint density at radius 2 is 1.83 bits per heavy atom. The molecule has 1 aromatic rings. The third kappa shape index (κ3) is 3.32. The fraction of sp³-hybridized carbons (Fsp3) is 0.583. The first-order valence-electron chi connectivity index (χ1n) is 5.65. The third-order valence-corrected chi connectivity index (χ3v) is 2.36. The molecule has 18 heavy (non-hydrogen) atoms. The second-order valence-electron chi connectivity index (χ2n) is 4.20. The van der Waals surface area contributed by atoms with Crippen LogP contribution in [0.2, 0.25) is 0 Å². The van der Waals surface area contributed by atoms with Crippen molar-refractivity contribution in [2.24, 2.45) is 5.92 Å². The van der Waals surface area contributed by atoms with Crippen molar-refractivity contribution in [3.8, 4) is 0 Å². The summed E-state index contributed by atoms with van der Waals surface area (Å²) in [4.78, 5) is 26.9. The van der Waals surface area contributed by atoms with Gasteiger partial charge in [-0.15, -0.1) is 0 Å². The lowest BCUT2D eigenvalue weighted by Gasteiger charge is -1.99. The van der Waals surface area contributed by atoms with Crippen molar-refractivity contribution in [1.82, 2.24) is 4.98 Å². The maximum atomic E-state index is 11.5. The number of ether oxygens (including phenoxy) is 2. The second kappa shape index (κ2) is 6.18. The molecule has 6 heteroatoms. The Morgan fingerprint density at radius 1 is 1.22 bits per heavy atom. The van der Waals surface area contributed by atoms with Crippen LogP contribution < -0.4 is 0 Å². The molecule has 0 aliphatic rings. The van der Waals surface area contributed by atoms with Crippen LogP contribution in [0.15, 0.2) is 4.42 Å². The SMILES string of the molecule is COC(=O)c1nc(CCC(C)C)oc1C(=O)OC. The van der Waals surface area contributed by atoms with E-state index in [0.29, 0.717) is 18.2 Å². The first-order valence-corrected chi connectivity index (χ1v) is 5.65. The highest BCUT2D eigenvalue weighted by atomic mass is 16.5. The molecule has 0 aliphatic heterocycles. The van der Waals surface area contributed by atoms with E-state index in [2.05, 4.69) is 28.3 Å². The minimum absolute atomic E-state index is 0.136. The zero-order chi connectivity index (χ0) is 13.7. The van der Waals surface area contributed by atoms with E-state index < -0.39 is 11.9 Å². The maximum absolute atomic E-state index is 11.5. The molecule has 0 aromatic carbocycles. The number of oxazole rings is 1. The number of nitrogens with zero attached hydrogens (tertiary/aromatic N) is 1. The van der Waals surface area contributed by atoms with E-state index >= 15 is 0 Å². The summed E-state index contributed by atoms with van der Waals surface area (Å²) in [6.45, 7) is 4.12. The zero-order valence-electron chi connectivity index (χ0n) is 11.0. The van der Waals surface area contributed by atoms with Crippen molar-refractivity contribution in [2.75, 3.05) is 14.2 Å². The Morgan fingerprint density at radius 3 is 2.33 bits per heavy atom. The summed E-state index contributed by atoms with van der Waals surface area (Å²) >= 11 is 0. The molecular formula is C12H17NO5. The van der Waals surface area contributed by atoms with Crippen LogP contribution in [0, 0.1) is 5.92 Å². The Kier molecular flexibility index (Phi) is 4.88. The molecule has 0 N–H and O–H groups in total. The van der Waals surface area contributed by atoms with Crippen LogP contribution in [-0.4, -0.2) is 31.1 Å². The van der Waals surface area contributed by atoms with Crippen LogP contribution in [0.25, 0.3) is 0 Å². The monoisotopic (exact) mass is 255 g/mol. The summed E-state index contributed by atoms with van der Waals surface area (Å²) < 4.78 is 14.3. The molecule has 100 valence electrons. The van der Waals surface area contributed by atoms with E-state index in [1.807, 2.05) is 0 Å². The normalized spacial score (nSPS) is 10.5. The van der Waals surface area contributed by atoms with Gasteiger partial charge in [0.05, 0.1) is 14.2 Å². The molecule has 0 amide bonds. The molecule has 0 radical (unpaired) electrons. The van der Waals surface area contributed by atoms with Gasteiger partial charge in [0.2, 0.25) is 11.5 Å². The molecule has 0 saturated heterocycles. The number of rotatable bonds is 5. The fourth-order valence-corrected chi connectivity index (χ4v) is 1.35. The molecule has 0 atom stereocenters. The maximum Gasteiger partial charge on any atom is 0.376 e. The highest BCUT2D eigenvalue weighted by molar-refractivity contribution is 5.99. The molecule has 1 aromatic heterocycles. The van der Waals surface area contributed by atoms with Crippen LogP contribution in [0.5, 0.6) is 0 Å². The van der Waals surface area contributed by atoms with Gasteiger partial charge < -0.3 is 13.9 Å². The minimum atomic E-state index is -0.737. The molecule has 0 saturated carbocycles. The van der Waals surface area contributed by atoms with E-state index in [0.717, 1.165) is 6.42 Å². The van der Waals surface area contributed by atoms with Crippen LogP contribution in [0.1, 0.15) is 47.2 Å². The molecular weight excluding hydrogens is 238 g/mol. The average molecular weight is 255 g/mol. The van der Waals surface area contributed by atoms with Gasteiger partial charge in [-0.2, -0.15) is 0 Å². The standard InChI is InChI=1S/C12H17NO5/c1-7(2)5-6-8-13-9(11(14)16-3)10(18-8)12(15)17-4/h7H,5-6H2,1-4H3. The van der Waals surface area contributed by atoms with E-state index in [1.165, 1.54) is 14.2 Å². The van der Waals surface area contributed by atoms with Gasteiger partial charge in [-0.1, -0.05) is 13.8 Å². The molecule has 6 nitrogen and oxygen atoms in total. The lowest BCUT2D eigenvalue weighted by molar-refractivity contribution is 0.0525. The summed E-state index contributed by atoms with van der Waals surface area (Å²) in [5.41, 5.74) is -0.136. The highest BCUT2D eigenvalue weighted by Crippen LogP contribution is 2.16. The molecule has 0 aliphatic carbocycles. The predicted molar refractivity (Wildman–Crippen MR) is 62.3 cm³/mol. The van der Waals surface area contributed by atoms with Gasteiger partial charge in [-0.05, 0) is 12.3 Å². The van der Waals surface area contributed by atoms with Gasteiger partial charge in [-0.25, -0.2) is 14.6 Å². The number of hydrogen-bond acceptors (Lipinski definition) is 6.